The molecule has 0 spiro atoms. The highest BCUT2D eigenvalue weighted by Gasteiger charge is 2.02. The fourth-order valence-corrected chi connectivity index (χ4v) is 1.30. The van der Waals surface area contributed by atoms with Gasteiger partial charge in [0.1, 0.15) is 0 Å². The molecule has 0 saturated heterocycles. The van der Waals surface area contributed by atoms with Crippen molar-refractivity contribution in [1.82, 2.24) is 5.32 Å². The van der Waals surface area contributed by atoms with Crippen molar-refractivity contribution in [3.05, 3.63) is 35.9 Å². The summed E-state index contributed by atoms with van der Waals surface area (Å²) < 4.78 is 0. The van der Waals surface area contributed by atoms with Gasteiger partial charge < -0.3 is 10.4 Å². The fourth-order valence-electron chi connectivity index (χ4n) is 1.30. The molecular formula is C11H18ClNO. The molecule has 0 amide bonds. The minimum Gasteiger partial charge on any atom is -0.395 e. The van der Waals surface area contributed by atoms with Crippen molar-refractivity contribution in [2.45, 2.75) is 12.8 Å². The van der Waals surface area contributed by atoms with Crippen LogP contribution in [0.4, 0.5) is 0 Å². The van der Waals surface area contributed by atoms with Crippen LogP contribution in [0.15, 0.2) is 30.3 Å². The standard InChI is InChI=1S/C11H17NO.ClH/c1-10(9-12-7-8-13)11-5-3-2-4-6-11;/h2-6,10,12-13H,7-9H2,1H3;1H. The van der Waals surface area contributed by atoms with Gasteiger partial charge in [0.25, 0.3) is 0 Å². The van der Waals surface area contributed by atoms with Gasteiger partial charge in [-0.05, 0) is 11.5 Å². The summed E-state index contributed by atoms with van der Waals surface area (Å²) in [5, 5.41) is 11.8. The maximum atomic E-state index is 8.59. The molecule has 0 aromatic heterocycles. The molecule has 0 radical (unpaired) electrons. The van der Waals surface area contributed by atoms with E-state index in [1.165, 1.54) is 5.56 Å². The summed E-state index contributed by atoms with van der Waals surface area (Å²) in [5.41, 5.74) is 1.34. The number of benzene rings is 1. The molecular weight excluding hydrogens is 198 g/mol. The summed E-state index contributed by atoms with van der Waals surface area (Å²) in [6.07, 6.45) is 0. The number of hydrogen-bond donors (Lipinski definition) is 2. The van der Waals surface area contributed by atoms with Gasteiger partial charge in [-0.25, -0.2) is 0 Å². The molecule has 1 rings (SSSR count). The van der Waals surface area contributed by atoms with Crippen molar-refractivity contribution in [1.29, 1.82) is 0 Å². The molecule has 1 unspecified atom stereocenters. The highest BCUT2D eigenvalue weighted by molar-refractivity contribution is 5.85. The van der Waals surface area contributed by atoms with Crippen LogP contribution >= 0.6 is 12.4 Å². The predicted molar refractivity (Wildman–Crippen MR) is 62.1 cm³/mol. The Morgan fingerprint density at radius 3 is 2.50 bits per heavy atom. The highest BCUT2D eigenvalue weighted by atomic mass is 35.5. The smallest absolute Gasteiger partial charge is 0.0555 e. The molecule has 14 heavy (non-hydrogen) atoms. The van der Waals surface area contributed by atoms with Crippen LogP contribution < -0.4 is 5.32 Å². The molecule has 3 heteroatoms. The fraction of sp³-hybridized carbons (Fsp3) is 0.455. The van der Waals surface area contributed by atoms with Crippen molar-refractivity contribution in [2.75, 3.05) is 19.7 Å². The molecule has 80 valence electrons. The molecule has 2 nitrogen and oxygen atoms in total. The summed E-state index contributed by atoms with van der Waals surface area (Å²) in [6, 6.07) is 10.4. The third-order valence-electron chi connectivity index (χ3n) is 2.11. The number of aliphatic hydroxyl groups excluding tert-OH is 1. The Balaban J connectivity index is 0.00000169. The SMILES string of the molecule is CC(CNCCO)c1ccccc1.Cl. The maximum Gasteiger partial charge on any atom is 0.0555 e. The molecule has 1 aromatic carbocycles. The van der Waals surface area contributed by atoms with Crippen molar-refractivity contribution >= 4 is 12.4 Å². The zero-order valence-electron chi connectivity index (χ0n) is 8.44. The topological polar surface area (TPSA) is 32.3 Å². The van der Waals surface area contributed by atoms with Gasteiger partial charge >= 0.3 is 0 Å². The molecule has 0 aliphatic carbocycles. The molecule has 0 heterocycles. The van der Waals surface area contributed by atoms with Crippen LogP contribution in [0.25, 0.3) is 0 Å². The van der Waals surface area contributed by atoms with E-state index in [1.54, 1.807) is 0 Å². The Hall–Kier alpha value is -0.570. The van der Waals surface area contributed by atoms with E-state index in [0.717, 1.165) is 6.54 Å². The van der Waals surface area contributed by atoms with Gasteiger partial charge in [-0.15, -0.1) is 12.4 Å². The molecule has 0 saturated carbocycles. The van der Waals surface area contributed by atoms with Gasteiger partial charge in [0.05, 0.1) is 6.61 Å². The zero-order valence-corrected chi connectivity index (χ0v) is 9.26. The van der Waals surface area contributed by atoms with Gasteiger partial charge in [-0.2, -0.15) is 0 Å². The molecule has 0 fully saturated rings. The van der Waals surface area contributed by atoms with E-state index in [9.17, 15) is 0 Å². The van der Waals surface area contributed by atoms with Crippen LogP contribution in [0.1, 0.15) is 18.4 Å². The number of nitrogens with one attached hydrogen (secondary N) is 1. The van der Waals surface area contributed by atoms with Crippen molar-refractivity contribution in [3.63, 3.8) is 0 Å². The second-order valence-corrected chi connectivity index (χ2v) is 3.24. The number of rotatable bonds is 5. The summed E-state index contributed by atoms with van der Waals surface area (Å²) in [5.74, 6) is 0.507. The monoisotopic (exact) mass is 215 g/mol. The first-order valence-corrected chi connectivity index (χ1v) is 4.71. The minimum atomic E-state index is 0. The van der Waals surface area contributed by atoms with Gasteiger partial charge in [0.2, 0.25) is 0 Å². The summed E-state index contributed by atoms with van der Waals surface area (Å²) in [6.45, 7) is 3.99. The zero-order chi connectivity index (χ0) is 9.52. The summed E-state index contributed by atoms with van der Waals surface area (Å²) in [7, 11) is 0. The Kier molecular flexibility index (Phi) is 7.48. The Morgan fingerprint density at radius 2 is 1.93 bits per heavy atom. The van der Waals surface area contributed by atoms with E-state index in [4.69, 9.17) is 5.11 Å². The van der Waals surface area contributed by atoms with E-state index >= 15 is 0 Å². The van der Waals surface area contributed by atoms with E-state index in [1.807, 2.05) is 6.07 Å². The average molecular weight is 216 g/mol. The lowest BCUT2D eigenvalue weighted by molar-refractivity contribution is 0.291. The van der Waals surface area contributed by atoms with Crippen molar-refractivity contribution < 1.29 is 5.11 Å². The predicted octanol–water partition coefficient (Wildman–Crippen LogP) is 1.79. The van der Waals surface area contributed by atoms with Gasteiger partial charge in [0, 0.05) is 13.1 Å². The van der Waals surface area contributed by atoms with Crippen LogP contribution in [0.3, 0.4) is 0 Å². The van der Waals surface area contributed by atoms with Crippen LogP contribution in [-0.4, -0.2) is 24.8 Å². The van der Waals surface area contributed by atoms with Gasteiger partial charge in [-0.3, -0.25) is 0 Å². The van der Waals surface area contributed by atoms with Crippen molar-refractivity contribution in [2.24, 2.45) is 0 Å². The summed E-state index contributed by atoms with van der Waals surface area (Å²) in [4.78, 5) is 0. The normalized spacial score (nSPS) is 11.9. The maximum absolute atomic E-state index is 8.59. The quantitative estimate of drug-likeness (QED) is 0.735. The summed E-state index contributed by atoms with van der Waals surface area (Å²) >= 11 is 0. The Morgan fingerprint density at radius 1 is 1.29 bits per heavy atom. The first-order valence-electron chi connectivity index (χ1n) is 4.71. The lowest BCUT2D eigenvalue weighted by atomic mass is 10.0. The molecule has 0 bridgehead atoms. The number of halogens is 1. The molecule has 1 aromatic rings. The van der Waals surface area contributed by atoms with Gasteiger partial charge in [0.15, 0.2) is 0 Å². The third kappa shape index (κ3) is 4.61. The molecule has 1 atom stereocenters. The first kappa shape index (κ1) is 13.4. The van der Waals surface area contributed by atoms with Crippen LogP contribution in [0.5, 0.6) is 0 Å². The lowest BCUT2D eigenvalue weighted by Gasteiger charge is -2.11. The van der Waals surface area contributed by atoms with E-state index in [0.29, 0.717) is 12.5 Å². The van der Waals surface area contributed by atoms with E-state index < -0.39 is 0 Å². The Labute approximate surface area is 91.8 Å². The first-order chi connectivity index (χ1) is 6.34. The number of hydrogen-bond acceptors (Lipinski definition) is 2. The second-order valence-electron chi connectivity index (χ2n) is 3.24. The number of aliphatic hydroxyl groups is 1. The van der Waals surface area contributed by atoms with E-state index in [-0.39, 0.29) is 19.0 Å². The molecule has 0 aliphatic rings. The second kappa shape index (κ2) is 7.80. The minimum absolute atomic E-state index is 0. The van der Waals surface area contributed by atoms with E-state index in [2.05, 4.69) is 36.5 Å². The Bertz CT molecular complexity index is 228. The molecule has 0 aliphatic heterocycles. The third-order valence-corrected chi connectivity index (χ3v) is 2.11. The average Bonchev–Trinajstić information content (AvgIpc) is 2.19. The van der Waals surface area contributed by atoms with Crippen LogP contribution in [-0.2, 0) is 0 Å². The highest BCUT2D eigenvalue weighted by Crippen LogP contribution is 2.12. The van der Waals surface area contributed by atoms with Crippen molar-refractivity contribution in [3.8, 4) is 0 Å². The van der Waals surface area contributed by atoms with Crippen LogP contribution in [0, 0.1) is 0 Å². The van der Waals surface area contributed by atoms with Gasteiger partial charge in [-0.1, -0.05) is 37.3 Å². The largest absolute Gasteiger partial charge is 0.395 e. The molecule has 2 N–H and O–H groups in total. The van der Waals surface area contributed by atoms with Crippen LogP contribution in [0.2, 0.25) is 0 Å². The lowest BCUT2D eigenvalue weighted by Crippen LogP contribution is -2.23.